The highest BCUT2D eigenvalue weighted by Crippen LogP contribution is 2.21. The van der Waals surface area contributed by atoms with Crippen molar-refractivity contribution in [1.29, 1.82) is 5.26 Å². The predicted octanol–water partition coefficient (Wildman–Crippen LogP) is 3.85. The number of rotatable bonds is 7. The van der Waals surface area contributed by atoms with E-state index in [1.165, 1.54) is 6.08 Å². The van der Waals surface area contributed by atoms with E-state index in [0.717, 1.165) is 36.2 Å². The average molecular weight is 357 g/mol. The number of amides is 1. The molecule has 1 amide bonds. The third-order valence-electron chi connectivity index (χ3n) is 3.76. The Morgan fingerprint density at radius 3 is 3.00 bits per heavy atom. The molecule has 0 unspecified atom stereocenters. The van der Waals surface area contributed by atoms with E-state index < -0.39 is 0 Å². The zero-order valence-electron chi connectivity index (χ0n) is 14.4. The van der Waals surface area contributed by atoms with Crippen LogP contribution in [0, 0.1) is 18.3 Å². The van der Waals surface area contributed by atoms with Crippen LogP contribution < -0.4 is 5.32 Å². The van der Waals surface area contributed by atoms with Crippen LogP contribution >= 0.6 is 11.6 Å². The topological polar surface area (TPSA) is 70.7 Å². The average Bonchev–Trinajstić information content (AvgIpc) is 2.89. The van der Waals surface area contributed by atoms with Crippen LogP contribution in [0.4, 0.5) is 0 Å². The number of benzene rings is 1. The van der Waals surface area contributed by atoms with Crippen molar-refractivity contribution in [2.45, 2.75) is 39.8 Å². The van der Waals surface area contributed by atoms with Crippen molar-refractivity contribution in [3.05, 3.63) is 57.9 Å². The highest BCUT2D eigenvalue weighted by Gasteiger charge is 2.10. The van der Waals surface area contributed by atoms with Gasteiger partial charge in [0.05, 0.1) is 17.3 Å². The third-order valence-corrected chi connectivity index (χ3v) is 4.16. The fraction of sp³-hybridized carbons (Fsp3) is 0.316. The van der Waals surface area contributed by atoms with Gasteiger partial charge in [0.2, 0.25) is 5.91 Å². The van der Waals surface area contributed by atoms with Gasteiger partial charge in [0.15, 0.2) is 0 Å². The Bertz CT molecular complexity index is 817. The van der Waals surface area contributed by atoms with Crippen LogP contribution in [0.3, 0.4) is 0 Å². The van der Waals surface area contributed by atoms with E-state index in [0.29, 0.717) is 17.3 Å². The molecule has 1 aromatic heterocycles. The minimum atomic E-state index is -0.223. The fourth-order valence-electron chi connectivity index (χ4n) is 2.37. The number of hydrogen-bond acceptors (Lipinski definition) is 3. The van der Waals surface area contributed by atoms with E-state index >= 15 is 0 Å². The summed E-state index contributed by atoms with van der Waals surface area (Å²) in [5.41, 5.74) is 3.01. The monoisotopic (exact) mass is 356 g/mol. The van der Waals surface area contributed by atoms with Crippen LogP contribution in [0.25, 0.3) is 6.08 Å². The molecule has 0 radical (unpaired) electrons. The van der Waals surface area contributed by atoms with Crippen molar-refractivity contribution in [1.82, 2.24) is 15.1 Å². The van der Waals surface area contributed by atoms with E-state index in [1.54, 1.807) is 29.0 Å². The number of aromatic nitrogens is 2. The smallest absolute Gasteiger partial charge is 0.244 e. The van der Waals surface area contributed by atoms with Gasteiger partial charge in [-0.1, -0.05) is 37.1 Å². The van der Waals surface area contributed by atoms with E-state index in [2.05, 4.69) is 23.4 Å². The maximum atomic E-state index is 12.0. The molecule has 5 nitrogen and oxygen atoms in total. The molecule has 2 rings (SSSR count). The molecular weight excluding hydrogens is 336 g/mol. The number of unbranched alkanes of at least 4 members (excludes halogenated alkanes) is 1. The van der Waals surface area contributed by atoms with Crippen molar-refractivity contribution in [2.24, 2.45) is 0 Å². The zero-order valence-corrected chi connectivity index (χ0v) is 15.2. The highest BCUT2D eigenvalue weighted by molar-refractivity contribution is 6.31. The molecule has 1 aromatic carbocycles. The SMILES string of the molecule is CCCCn1nc(C)c(/C=C/C(=O)NCc2cccc(C#N)c2)c1Cl. The van der Waals surface area contributed by atoms with Crippen LogP contribution in [0.15, 0.2) is 30.3 Å². The quantitative estimate of drug-likeness (QED) is 0.766. The summed E-state index contributed by atoms with van der Waals surface area (Å²) < 4.78 is 1.77. The predicted molar refractivity (Wildman–Crippen MR) is 98.9 cm³/mol. The summed E-state index contributed by atoms with van der Waals surface area (Å²) in [6.07, 6.45) is 5.21. The Balaban J connectivity index is 1.98. The molecular formula is C19H21ClN4O. The number of hydrogen-bond donors (Lipinski definition) is 1. The maximum absolute atomic E-state index is 12.0. The van der Waals surface area contributed by atoms with Crippen LogP contribution in [0.2, 0.25) is 5.15 Å². The second-order valence-corrected chi connectivity index (χ2v) is 6.09. The lowest BCUT2D eigenvalue weighted by Crippen LogP contribution is -2.20. The first-order valence-corrected chi connectivity index (χ1v) is 8.60. The van der Waals surface area contributed by atoms with Gasteiger partial charge in [-0.2, -0.15) is 10.4 Å². The number of nitrogens with zero attached hydrogens (tertiary/aromatic N) is 3. The number of carbonyl (C=O) groups excluding carboxylic acids is 1. The Morgan fingerprint density at radius 2 is 2.28 bits per heavy atom. The molecule has 0 atom stereocenters. The first kappa shape index (κ1) is 18.8. The zero-order chi connectivity index (χ0) is 18.2. The Hall–Kier alpha value is -2.58. The van der Waals surface area contributed by atoms with Crippen LogP contribution in [0.5, 0.6) is 0 Å². The van der Waals surface area contributed by atoms with Gasteiger partial charge in [-0.15, -0.1) is 0 Å². The molecule has 2 aromatic rings. The Labute approximate surface area is 152 Å². The molecule has 0 fully saturated rings. The van der Waals surface area contributed by atoms with Gasteiger partial charge in [-0.3, -0.25) is 9.48 Å². The molecule has 0 aliphatic heterocycles. The summed E-state index contributed by atoms with van der Waals surface area (Å²) in [6, 6.07) is 9.22. The molecule has 0 saturated carbocycles. The molecule has 130 valence electrons. The number of aryl methyl sites for hydroxylation is 2. The molecule has 0 bridgehead atoms. The van der Waals surface area contributed by atoms with Crippen molar-refractivity contribution in [3.63, 3.8) is 0 Å². The van der Waals surface area contributed by atoms with Crippen molar-refractivity contribution < 1.29 is 4.79 Å². The van der Waals surface area contributed by atoms with Crippen molar-refractivity contribution in [2.75, 3.05) is 0 Å². The molecule has 1 heterocycles. The minimum Gasteiger partial charge on any atom is -0.348 e. The number of nitriles is 1. The van der Waals surface area contributed by atoms with Gasteiger partial charge in [0, 0.05) is 24.7 Å². The van der Waals surface area contributed by atoms with Crippen molar-refractivity contribution in [3.8, 4) is 6.07 Å². The van der Waals surface area contributed by atoms with E-state index in [9.17, 15) is 4.79 Å². The number of halogens is 1. The van der Waals surface area contributed by atoms with Crippen LogP contribution in [0.1, 0.15) is 42.1 Å². The fourth-order valence-corrected chi connectivity index (χ4v) is 2.69. The lowest BCUT2D eigenvalue weighted by Gasteiger charge is -2.03. The lowest BCUT2D eigenvalue weighted by atomic mass is 10.1. The summed E-state index contributed by atoms with van der Waals surface area (Å²) in [5, 5.41) is 16.6. The number of carbonyl (C=O) groups is 1. The molecule has 0 spiro atoms. The van der Waals surface area contributed by atoms with E-state index in [4.69, 9.17) is 16.9 Å². The second kappa shape index (κ2) is 9.05. The molecule has 6 heteroatoms. The van der Waals surface area contributed by atoms with Gasteiger partial charge < -0.3 is 5.32 Å². The molecule has 0 aliphatic rings. The Morgan fingerprint density at radius 1 is 1.48 bits per heavy atom. The van der Waals surface area contributed by atoms with Gasteiger partial charge in [-0.05, 0) is 37.1 Å². The third kappa shape index (κ3) is 5.20. The van der Waals surface area contributed by atoms with Crippen LogP contribution in [-0.4, -0.2) is 15.7 Å². The normalized spacial score (nSPS) is 10.8. The summed E-state index contributed by atoms with van der Waals surface area (Å²) in [7, 11) is 0. The van der Waals surface area contributed by atoms with Gasteiger partial charge in [0.25, 0.3) is 0 Å². The van der Waals surface area contributed by atoms with E-state index in [1.807, 2.05) is 13.0 Å². The van der Waals surface area contributed by atoms with Gasteiger partial charge in [0.1, 0.15) is 5.15 Å². The molecule has 0 aliphatic carbocycles. The molecule has 1 N–H and O–H groups in total. The largest absolute Gasteiger partial charge is 0.348 e. The first-order valence-electron chi connectivity index (χ1n) is 8.23. The minimum absolute atomic E-state index is 0.223. The second-order valence-electron chi connectivity index (χ2n) is 5.73. The molecule has 25 heavy (non-hydrogen) atoms. The van der Waals surface area contributed by atoms with E-state index in [-0.39, 0.29) is 5.91 Å². The van der Waals surface area contributed by atoms with Gasteiger partial charge in [-0.25, -0.2) is 0 Å². The summed E-state index contributed by atoms with van der Waals surface area (Å²) >= 11 is 6.34. The highest BCUT2D eigenvalue weighted by atomic mass is 35.5. The molecule has 0 saturated heterocycles. The maximum Gasteiger partial charge on any atom is 0.244 e. The van der Waals surface area contributed by atoms with Gasteiger partial charge >= 0.3 is 0 Å². The van der Waals surface area contributed by atoms with Crippen LogP contribution in [-0.2, 0) is 17.9 Å². The number of nitrogens with one attached hydrogen (secondary N) is 1. The first-order chi connectivity index (χ1) is 12.0. The summed E-state index contributed by atoms with van der Waals surface area (Å²) in [6.45, 7) is 5.12. The Kier molecular flexibility index (Phi) is 6.79. The van der Waals surface area contributed by atoms with Crippen molar-refractivity contribution >= 4 is 23.6 Å². The standard InChI is InChI=1S/C19H21ClN4O/c1-3-4-10-24-19(20)17(14(2)23-24)8-9-18(25)22-13-16-7-5-6-15(11-16)12-21/h5-9,11H,3-4,10,13H2,1-2H3,(H,22,25)/b9-8+. The summed E-state index contributed by atoms with van der Waals surface area (Å²) in [5.74, 6) is -0.223. The summed E-state index contributed by atoms with van der Waals surface area (Å²) in [4.78, 5) is 12.0. The lowest BCUT2D eigenvalue weighted by molar-refractivity contribution is -0.116.